The third-order valence-corrected chi connectivity index (χ3v) is 4.80. The van der Waals surface area contributed by atoms with Crippen LogP contribution in [0, 0.1) is 19.8 Å². The summed E-state index contributed by atoms with van der Waals surface area (Å²) in [7, 11) is 3.33. The summed E-state index contributed by atoms with van der Waals surface area (Å²) in [4.78, 5) is 31.1. The van der Waals surface area contributed by atoms with Crippen LogP contribution in [0.15, 0.2) is 27.7 Å². The molecule has 3 aromatic rings. The van der Waals surface area contributed by atoms with E-state index in [0.717, 1.165) is 35.6 Å². The van der Waals surface area contributed by atoms with Crippen molar-refractivity contribution in [3.8, 4) is 11.3 Å². The molecule has 0 saturated heterocycles. The number of carbonyl (C=O) groups is 1. The van der Waals surface area contributed by atoms with Gasteiger partial charge < -0.3 is 13.9 Å². The van der Waals surface area contributed by atoms with Gasteiger partial charge in [-0.25, -0.2) is 4.98 Å². The number of furan rings is 1. The van der Waals surface area contributed by atoms with Gasteiger partial charge in [0, 0.05) is 38.6 Å². The van der Waals surface area contributed by atoms with Gasteiger partial charge >= 0.3 is 0 Å². The molecule has 0 N–H and O–H groups in total. The average molecular weight is 354 g/mol. The normalized spacial score (nSPS) is 14.2. The van der Waals surface area contributed by atoms with E-state index in [1.807, 2.05) is 26.1 Å². The minimum atomic E-state index is -0.223. The summed E-state index contributed by atoms with van der Waals surface area (Å²) in [6, 6.07) is 1.95. The highest BCUT2D eigenvalue weighted by Gasteiger charge is 2.26. The highest BCUT2D eigenvalue weighted by Crippen LogP contribution is 2.33. The molecule has 7 heteroatoms. The van der Waals surface area contributed by atoms with Crippen molar-refractivity contribution in [3.63, 3.8) is 0 Å². The number of amides is 1. The molecule has 1 aliphatic carbocycles. The Bertz CT molecular complexity index is 1070. The molecule has 0 aromatic carbocycles. The minimum Gasteiger partial charge on any atom is -0.466 e. The van der Waals surface area contributed by atoms with Crippen molar-refractivity contribution in [1.29, 1.82) is 0 Å². The van der Waals surface area contributed by atoms with Gasteiger partial charge in [0.1, 0.15) is 17.2 Å². The van der Waals surface area contributed by atoms with Crippen molar-refractivity contribution < 1.29 is 9.21 Å². The van der Waals surface area contributed by atoms with E-state index in [9.17, 15) is 9.59 Å². The molecule has 4 rings (SSSR count). The zero-order valence-electron chi connectivity index (χ0n) is 15.4. The van der Waals surface area contributed by atoms with E-state index in [1.54, 1.807) is 29.3 Å². The van der Waals surface area contributed by atoms with Crippen LogP contribution in [-0.2, 0) is 6.54 Å². The summed E-state index contributed by atoms with van der Waals surface area (Å²) in [6.45, 7) is 4.45. The molecular formula is C19H22N4O3. The SMILES string of the molecule is Cc1cc(-c2cn3cc(C(=O)N(C)C)nc3c(=O)n2CC2CC2)c(C)o1. The fourth-order valence-electron chi connectivity index (χ4n) is 3.25. The minimum absolute atomic E-state index is 0.176. The predicted molar refractivity (Wildman–Crippen MR) is 97.4 cm³/mol. The predicted octanol–water partition coefficient (Wildman–Crippen LogP) is 2.48. The third kappa shape index (κ3) is 2.73. The van der Waals surface area contributed by atoms with Gasteiger partial charge in [-0.2, -0.15) is 0 Å². The van der Waals surface area contributed by atoms with Crippen LogP contribution in [0.1, 0.15) is 34.9 Å². The van der Waals surface area contributed by atoms with Gasteiger partial charge in [-0.3, -0.25) is 14.0 Å². The Kier molecular flexibility index (Phi) is 3.75. The molecule has 136 valence electrons. The molecule has 26 heavy (non-hydrogen) atoms. The first-order valence-corrected chi connectivity index (χ1v) is 8.76. The third-order valence-electron chi connectivity index (χ3n) is 4.80. The van der Waals surface area contributed by atoms with Gasteiger partial charge in [-0.15, -0.1) is 0 Å². The summed E-state index contributed by atoms with van der Waals surface area (Å²) in [5.74, 6) is 1.88. The number of imidazole rings is 1. The second-order valence-electron chi connectivity index (χ2n) is 7.26. The molecule has 1 aliphatic rings. The lowest BCUT2D eigenvalue weighted by Gasteiger charge is -2.12. The van der Waals surface area contributed by atoms with Gasteiger partial charge in [-0.1, -0.05) is 0 Å². The van der Waals surface area contributed by atoms with Crippen LogP contribution in [0.4, 0.5) is 0 Å². The van der Waals surface area contributed by atoms with Crippen molar-refractivity contribution >= 4 is 11.6 Å². The molecule has 0 radical (unpaired) electrons. The topological polar surface area (TPSA) is 72.8 Å². The number of hydrogen-bond donors (Lipinski definition) is 0. The van der Waals surface area contributed by atoms with Gasteiger partial charge in [0.15, 0.2) is 0 Å². The number of rotatable bonds is 4. The second-order valence-corrected chi connectivity index (χ2v) is 7.26. The highest BCUT2D eigenvalue weighted by atomic mass is 16.3. The van der Waals surface area contributed by atoms with Gasteiger partial charge in [0.25, 0.3) is 11.5 Å². The number of fused-ring (bicyclic) bond motifs is 1. The monoisotopic (exact) mass is 354 g/mol. The molecule has 0 atom stereocenters. The first-order valence-electron chi connectivity index (χ1n) is 8.76. The fourth-order valence-corrected chi connectivity index (χ4v) is 3.25. The number of hydrogen-bond acceptors (Lipinski definition) is 4. The van der Waals surface area contributed by atoms with E-state index >= 15 is 0 Å². The van der Waals surface area contributed by atoms with Crippen LogP contribution in [0.5, 0.6) is 0 Å². The van der Waals surface area contributed by atoms with Crippen molar-refractivity contribution in [3.05, 3.63) is 46.0 Å². The lowest BCUT2D eigenvalue weighted by molar-refractivity contribution is 0.0822. The molecule has 1 fully saturated rings. The Hall–Kier alpha value is -2.83. The molecule has 0 spiro atoms. The molecule has 0 unspecified atom stereocenters. The van der Waals surface area contributed by atoms with Gasteiger partial charge in [-0.05, 0) is 38.7 Å². The number of carbonyl (C=O) groups excluding carboxylic acids is 1. The molecule has 1 amide bonds. The summed E-state index contributed by atoms with van der Waals surface area (Å²) >= 11 is 0. The molecule has 3 heterocycles. The summed E-state index contributed by atoms with van der Waals surface area (Å²) in [6.07, 6.45) is 5.76. The largest absolute Gasteiger partial charge is 0.466 e. The zero-order valence-corrected chi connectivity index (χ0v) is 15.4. The molecule has 0 aliphatic heterocycles. The van der Waals surface area contributed by atoms with Crippen LogP contribution in [0.25, 0.3) is 16.9 Å². The Morgan fingerprint density at radius 3 is 2.62 bits per heavy atom. The van der Waals surface area contributed by atoms with Crippen LogP contribution < -0.4 is 5.56 Å². The maximum atomic E-state index is 13.1. The van der Waals surface area contributed by atoms with Gasteiger partial charge in [0.05, 0.1) is 5.69 Å². The smallest absolute Gasteiger partial charge is 0.294 e. The lowest BCUT2D eigenvalue weighted by atomic mass is 10.1. The van der Waals surface area contributed by atoms with Crippen molar-refractivity contribution in [2.45, 2.75) is 33.2 Å². The van der Waals surface area contributed by atoms with Crippen LogP contribution in [0.3, 0.4) is 0 Å². The Labute approximate surface area is 150 Å². The zero-order chi connectivity index (χ0) is 18.6. The van der Waals surface area contributed by atoms with E-state index in [4.69, 9.17) is 4.42 Å². The number of nitrogens with zero attached hydrogens (tertiary/aromatic N) is 4. The standard InChI is InChI=1S/C19H22N4O3/c1-11-7-14(12(2)26-11)16-10-22-9-15(18(24)21(3)4)20-17(22)19(25)23(16)8-13-5-6-13/h7,9-10,13H,5-6,8H2,1-4H3. The molecule has 1 saturated carbocycles. The molecule has 3 aromatic heterocycles. The molecule has 0 bridgehead atoms. The highest BCUT2D eigenvalue weighted by molar-refractivity contribution is 5.92. The Morgan fingerprint density at radius 1 is 1.31 bits per heavy atom. The van der Waals surface area contributed by atoms with Crippen LogP contribution in [-0.4, -0.2) is 38.9 Å². The molecule has 7 nitrogen and oxygen atoms in total. The number of aromatic nitrogens is 3. The van der Waals surface area contributed by atoms with Crippen molar-refractivity contribution in [1.82, 2.24) is 18.9 Å². The van der Waals surface area contributed by atoms with Crippen molar-refractivity contribution in [2.24, 2.45) is 5.92 Å². The van der Waals surface area contributed by atoms with E-state index in [0.29, 0.717) is 12.5 Å². The summed E-state index contributed by atoms with van der Waals surface area (Å²) in [5, 5.41) is 0. The maximum Gasteiger partial charge on any atom is 0.294 e. The van der Waals surface area contributed by atoms with E-state index in [2.05, 4.69) is 4.98 Å². The van der Waals surface area contributed by atoms with E-state index < -0.39 is 0 Å². The lowest BCUT2D eigenvalue weighted by Crippen LogP contribution is -2.25. The average Bonchev–Trinajstić information content (AvgIpc) is 3.19. The molecular weight excluding hydrogens is 332 g/mol. The Balaban J connectivity index is 1.95. The Morgan fingerprint density at radius 2 is 2.04 bits per heavy atom. The van der Waals surface area contributed by atoms with Crippen LogP contribution in [0.2, 0.25) is 0 Å². The van der Waals surface area contributed by atoms with Crippen molar-refractivity contribution in [2.75, 3.05) is 14.1 Å². The second kappa shape index (κ2) is 5.86. The first-order chi connectivity index (χ1) is 12.3. The maximum absolute atomic E-state index is 13.1. The first kappa shape index (κ1) is 16.6. The summed E-state index contributed by atoms with van der Waals surface area (Å²) in [5.41, 5.74) is 2.06. The fraction of sp³-hybridized carbons (Fsp3) is 0.421. The van der Waals surface area contributed by atoms with E-state index in [1.165, 1.54) is 4.90 Å². The van der Waals surface area contributed by atoms with Crippen LogP contribution >= 0.6 is 0 Å². The number of aryl methyl sites for hydroxylation is 2. The summed E-state index contributed by atoms with van der Waals surface area (Å²) < 4.78 is 9.10. The van der Waals surface area contributed by atoms with Gasteiger partial charge in [0.2, 0.25) is 5.65 Å². The van der Waals surface area contributed by atoms with E-state index in [-0.39, 0.29) is 22.8 Å². The quantitative estimate of drug-likeness (QED) is 0.721.